The Morgan fingerprint density at radius 1 is 1.10 bits per heavy atom. The van der Waals surface area contributed by atoms with Gasteiger partial charge in [0.15, 0.2) is 5.82 Å². The number of nitrogens with two attached hydrogens (primary N) is 1. The van der Waals surface area contributed by atoms with E-state index in [2.05, 4.69) is 20.2 Å². The third-order valence-electron chi connectivity index (χ3n) is 5.77. The van der Waals surface area contributed by atoms with Gasteiger partial charge in [0.25, 0.3) is 5.56 Å². The molecule has 0 radical (unpaired) electrons. The maximum atomic E-state index is 12.6. The SMILES string of the molecule is Cc1c(N)cccc1-c1c[nH]c(=O)c(Nc2ccc(C3C(=O)N(C)CCN3C)cc2)n1. The van der Waals surface area contributed by atoms with Crippen LogP contribution >= 0.6 is 0 Å². The number of hydrogen-bond acceptors (Lipinski definition) is 6. The first-order valence-corrected chi connectivity index (χ1v) is 10.1. The molecule has 8 nitrogen and oxygen atoms in total. The summed E-state index contributed by atoms with van der Waals surface area (Å²) in [6.45, 7) is 3.47. The van der Waals surface area contributed by atoms with Gasteiger partial charge in [-0.3, -0.25) is 14.5 Å². The highest BCUT2D eigenvalue weighted by atomic mass is 16.2. The maximum absolute atomic E-state index is 12.6. The smallest absolute Gasteiger partial charge is 0.291 e. The number of nitrogens with zero attached hydrogens (tertiary/aromatic N) is 3. The number of nitrogen functional groups attached to an aromatic ring is 1. The molecule has 3 aromatic rings. The average molecular weight is 419 g/mol. The number of piperazine rings is 1. The number of H-pyrrole nitrogens is 1. The van der Waals surface area contributed by atoms with E-state index in [-0.39, 0.29) is 23.3 Å². The maximum Gasteiger partial charge on any atom is 0.291 e. The minimum absolute atomic E-state index is 0.0813. The number of carbonyl (C=O) groups is 1. The van der Waals surface area contributed by atoms with Gasteiger partial charge < -0.3 is 20.9 Å². The number of nitrogens with one attached hydrogen (secondary N) is 2. The summed E-state index contributed by atoms with van der Waals surface area (Å²) >= 11 is 0. The summed E-state index contributed by atoms with van der Waals surface area (Å²) in [5.74, 6) is 0.274. The molecule has 2 aromatic carbocycles. The lowest BCUT2D eigenvalue weighted by Gasteiger charge is -2.37. The number of carbonyl (C=O) groups excluding carboxylic acids is 1. The van der Waals surface area contributed by atoms with Crippen molar-refractivity contribution < 1.29 is 4.79 Å². The summed E-state index contributed by atoms with van der Waals surface area (Å²) in [4.78, 5) is 36.0. The molecule has 1 amide bonds. The van der Waals surface area contributed by atoms with Crippen molar-refractivity contribution in [1.29, 1.82) is 0 Å². The highest BCUT2D eigenvalue weighted by Crippen LogP contribution is 2.27. The Labute approximate surface area is 180 Å². The second-order valence-electron chi connectivity index (χ2n) is 7.87. The van der Waals surface area contributed by atoms with Crippen molar-refractivity contribution in [2.75, 3.05) is 38.2 Å². The van der Waals surface area contributed by atoms with Gasteiger partial charge in [-0.15, -0.1) is 0 Å². The predicted molar refractivity (Wildman–Crippen MR) is 122 cm³/mol. The molecule has 8 heteroatoms. The van der Waals surface area contributed by atoms with Gasteiger partial charge in [0, 0.05) is 43.3 Å². The van der Waals surface area contributed by atoms with Crippen LogP contribution in [0.25, 0.3) is 11.3 Å². The standard InChI is InChI=1S/C23H26N6O2/c1-14-17(5-4-6-18(14)24)19-13-25-22(30)21(27-19)26-16-9-7-15(8-10-16)20-23(31)29(3)12-11-28(20)2/h4-10,13,20H,11-12,24H2,1-3H3,(H,25,30)(H,26,27). The Balaban J connectivity index is 1.59. The van der Waals surface area contributed by atoms with Crippen LogP contribution in [-0.4, -0.2) is 52.9 Å². The molecule has 31 heavy (non-hydrogen) atoms. The second kappa shape index (κ2) is 8.23. The van der Waals surface area contributed by atoms with Crippen LogP contribution in [0.3, 0.4) is 0 Å². The van der Waals surface area contributed by atoms with Crippen LogP contribution < -0.4 is 16.6 Å². The number of rotatable bonds is 4. The Bertz CT molecular complexity index is 1170. The molecule has 0 spiro atoms. The molecule has 0 saturated carbocycles. The molecule has 1 fully saturated rings. The molecule has 0 aliphatic carbocycles. The second-order valence-corrected chi connectivity index (χ2v) is 7.87. The summed E-state index contributed by atoms with van der Waals surface area (Å²) < 4.78 is 0. The van der Waals surface area contributed by atoms with Gasteiger partial charge in [-0.05, 0) is 43.3 Å². The average Bonchev–Trinajstić information content (AvgIpc) is 2.76. The van der Waals surface area contributed by atoms with Crippen LogP contribution in [0.1, 0.15) is 17.2 Å². The van der Waals surface area contributed by atoms with E-state index in [1.54, 1.807) is 11.1 Å². The van der Waals surface area contributed by atoms with Crippen molar-refractivity contribution in [1.82, 2.24) is 19.8 Å². The van der Waals surface area contributed by atoms with E-state index in [0.29, 0.717) is 17.1 Å². The number of anilines is 3. The van der Waals surface area contributed by atoms with E-state index in [1.165, 1.54) is 0 Å². The van der Waals surface area contributed by atoms with E-state index in [0.717, 1.165) is 29.8 Å². The van der Waals surface area contributed by atoms with Crippen molar-refractivity contribution in [3.05, 3.63) is 70.1 Å². The first-order chi connectivity index (χ1) is 14.8. The Morgan fingerprint density at radius 3 is 2.58 bits per heavy atom. The van der Waals surface area contributed by atoms with Crippen LogP contribution in [0, 0.1) is 6.92 Å². The number of likely N-dealkylation sites (N-methyl/N-ethyl adjacent to an activating group) is 2. The van der Waals surface area contributed by atoms with Crippen molar-refractivity contribution in [2.24, 2.45) is 0 Å². The zero-order chi connectivity index (χ0) is 22.1. The van der Waals surface area contributed by atoms with E-state index in [9.17, 15) is 9.59 Å². The Morgan fingerprint density at radius 2 is 1.84 bits per heavy atom. The lowest BCUT2D eigenvalue weighted by atomic mass is 10.0. The topological polar surface area (TPSA) is 107 Å². The van der Waals surface area contributed by atoms with Gasteiger partial charge in [0.2, 0.25) is 5.91 Å². The molecule has 1 unspecified atom stereocenters. The van der Waals surface area contributed by atoms with E-state index >= 15 is 0 Å². The Kier molecular flexibility index (Phi) is 5.48. The number of amides is 1. The summed E-state index contributed by atoms with van der Waals surface area (Å²) in [5.41, 5.74) is 10.4. The normalized spacial score (nSPS) is 17.1. The molecule has 1 aliphatic rings. The van der Waals surface area contributed by atoms with E-state index < -0.39 is 0 Å². The molecule has 2 heterocycles. The van der Waals surface area contributed by atoms with Crippen LogP contribution in [0.2, 0.25) is 0 Å². The lowest BCUT2D eigenvalue weighted by Crippen LogP contribution is -2.48. The number of hydrogen-bond donors (Lipinski definition) is 3. The Hall–Kier alpha value is -3.65. The molecule has 1 aliphatic heterocycles. The molecular weight excluding hydrogens is 392 g/mol. The minimum atomic E-state index is -0.321. The summed E-state index contributed by atoms with van der Waals surface area (Å²) in [7, 11) is 3.78. The van der Waals surface area contributed by atoms with Crippen molar-refractivity contribution in [2.45, 2.75) is 13.0 Å². The van der Waals surface area contributed by atoms with Crippen LogP contribution in [0.5, 0.6) is 0 Å². The molecule has 4 N–H and O–H groups in total. The highest BCUT2D eigenvalue weighted by Gasteiger charge is 2.31. The molecule has 1 atom stereocenters. The lowest BCUT2D eigenvalue weighted by molar-refractivity contribution is -0.139. The van der Waals surface area contributed by atoms with Gasteiger partial charge >= 0.3 is 0 Å². The van der Waals surface area contributed by atoms with Crippen LogP contribution in [0.15, 0.2) is 53.5 Å². The van der Waals surface area contributed by atoms with Crippen molar-refractivity contribution >= 4 is 23.1 Å². The quantitative estimate of drug-likeness (QED) is 0.562. The van der Waals surface area contributed by atoms with Gasteiger partial charge in [-0.2, -0.15) is 0 Å². The van der Waals surface area contributed by atoms with Gasteiger partial charge in [-0.25, -0.2) is 4.98 Å². The van der Waals surface area contributed by atoms with Crippen LogP contribution in [0.4, 0.5) is 17.2 Å². The fourth-order valence-electron chi connectivity index (χ4n) is 3.79. The first-order valence-electron chi connectivity index (χ1n) is 10.1. The van der Waals surface area contributed by atoms with Crippen LogP contribution in [-0.2, 0) is 4.79 Å². The molecular formula is C23H26N6O2. The molecule has 4 rings (SSSR count). The molecule has 1 aromatic heterocycles. The first kappa shape index (κ1) is 20.6. The number of benzene rings is 2. The minimum Gasteiger partial charge on any atom is -0.398 e. The molecule has 1 saturated heterocycles. The molecule has 0 bridgehead atoms. The zero-order valence-electron chi connectivity index (χ0n) is 17.8. The summed E-state index contributed by atoms with van der Waals surface area (Å²) in [6.07, 6.45) is 1.58. The summed E-state index contributed by atoms with van der Waals surface area (Å²) in [6, 6.07) is 12.8. The van der Waals surface area contributed by atoms with E-state index in [4.69, 9.17) is 5.73 Å². The van der Waals surface area contributed by atoms with Crippen molar-refractivity contribution in [3.63, 3.8) is 0 Å². The largest absolute Gasteiger partial charge is 0.398 e. The fraction of sp³-hybridized carbons (Fsp3) is 0.261. The summed E-state index contributed by atoms with van der Waals surface area (Å²) in [5, 5.41) is 3.08. The third kappa shape index (κ3) is 4.02. The van der Waals surface area contributed by atoms with Crippen molar-refractivity contribution in [3.8, 4) is 11.3 Å². The van der Waals surface area contributed by atoms with Gasteiger partial charge in [0.05, 0.1) is 5.69 Å². The predicted octanol–water partition coefficient (Wildman–Crippen LogP) is 2.52. The number of aromatic nitrogens is 2. The van der Waals surface area contributed by atoms with E-state index in [1.807, 2.05) is 63.5 Å². The number of aromatic amines is 1. The zero-order valence-corrected chi connectivity index (χ0v) is 17.8. The molecule has 160 valence electrons. The highest BCUT2D eigenvalue weighted by molar-refractivity contribution is 5.84. The fourth-order valence-corrected chi connectivity index (χ4v) is 3.79. The van der Waals surface area contributed by atoms with Gasteiger partial charge in [0.1, 0.15) is 6.04 Å². The van der Waals surface area contributed by atoms with Gasteiger partial charge in [-0.1, -0.05) is 24.3 Å². The monoisotopic (exact) mass is 418 g/mol. The third-order valence-corrected chi connectivity index (χ3v) is 5.77.